The van der Waals surface area contributed by atoms with E-state index in [0.29, 0.717) is 17.3 Å². The van der Waals surface area contributed by atoms with E-state index < -0.39 is 0 Å². The second-order valence-corrected chi connectivity index (χ2v) is 6.19. The first-order chi connectivity index (χ1) is 12.6. The van der Waals surface area contributed by atoms with E-state index in [4.69, 9.17) is 21.1 Å². The fraction of sp³-hybridized carbons (Fsp3) is 0.143. The van der Waals surface area contributed by atoms with Gasteiger partial charge in [-0.3, -0.25) is 0 Å². The number of nitrogens with one attached hydrogen (secondary N) is 1. The highest BCUT2D eigenvalue weighted by atomic mass is 35.5. The van der Waals surface area contributed by atoms with Crippen LogP contribution >= 0.6 is 11.6 Å². The van der Waals surface area contributed by atoms with Crippen LogP contribution in [0, 0.1) is 5.82 Å². The average Bonchev–Trinajstić information content (AvgIpc) is 2.66. The van der Waals surface area contributed by atoms with Crippen LogP contribution in [0.5, 0.6) is 11.5 Å². The Hall–Kier alpha value is -2.72. The first-order valence-corrected chi connectivity index (χ1v) is 8.55. The molecule has 0 atom stereocenters. The van der Waals surface area contributed by atoms with Crippen LogP contribution in [0.1, 0.15) is 11.1 Å². The molecule has 0 aromatic heterocycles. The van der Waals surface area contributed by atoms with E-state index in [9.17, 15) is 4.39 Å². The van der Waals surface area contributed by atoms with Gasteiger partial charge in [0, 0.05) is 22.8 Å². The molecule has 0 radical (unpaired) electrons. The monoisotopic (exact) mass is 371 g/mol. The minimum atomic E-state index is -0.274. The van der Waals surface area contributed by atoms with E-state index in [1.807, 2.05) is 42.5 Å². The third-order valence-electron chi connectivity index (χ3n) is 3.88. The molecule has 26 heavy (non-hydrogen) atoms. The van der Waals surface area contributed by atoms with Crippen molar-refractivity contribution in [3.8, 4) is 11.5 Å². The Morgan fingerprint density at radius 3 is 2.54 bits per heavy atom. The number of hydrogen-bond acceptors (Lipinski definition) is 3. The lowest BCUT2D eigenvalue weighted by Crippen LogP contribution is -2.04. The summed E-state index contributed by atoms with van der Waals surface area (Å²) in [5.41, 5.74) is 2.65. The summed E-state index contributed by atoms with van der Waals surface area (Å²) in [4.78, 5) is 0. The van der Waals surface area contributed by atoms with Crippen LogP contribution in [0.2, 0.25) is 5.02 Å². The van der Waals surface area contributed by atoms with Gasteiger partial charge in [-0.25, -0.2) is 4.39 Å². The van der Waals surface area contributed by atoms with Crippen LogP contribution in [-0.4, -0.2) is 7.11 Å². The maximum Gasteiger partial charge on any atom is 0.124 e. The van der Waals surface area contributed by atoms with Gasteiger partial charge in [0.05, 0.1) is 7.11 Å². The first-order valence-electron chi connectivity index (χ1n) is 8.17. The zero-order valence-electron chi connectivity index (χ0n) is 14.3. The van der Waals surface area contributed by atoms with Crippen molar-refractivity contribution in [3.05, 3.63) is 88.7 Å². The number of hydrogen-bond donors (Lipinski definition) is 1. The van der Waals surface area contributed by atoms with Gasteiger partial charge in [-0.1, -0.05) is 23.7 Å². The topological polar surface area (TPSA) is 30.5 Å². The standard InChI is InChI=1S/C21H19ClFNO2/c1-25-20-8-6-19(7-9-20)24-13-16-12-17(22)5-10-21(16)26-14-15-3-2-4-18(23)11-15/h2-12,24H,13-14H2,1H3. The summed E-state index contributed by atoms with van der Waals surface area (Å²) in [5.74, 6) is 1.24. The van der Waals surface area contributed by atoms with Crippen molar-refractivity contribution in [2.24, 2.45) is 0 Å². The SMILES string of the molecule is COc1ccc(NCc2cc(Cl)ccc2OCc2cccc(F)c2)cc1. The fourth-order valence-electron chi connectivity index (χ4n) is 2.52. The molecule has 0 amide bonds. The molecule has 0 fully saturated rings. The zero-order chi connectivity index (χ0) is 18.4. The lowest BCUT2D eigenvalue weighted by Gasteiger charge is -2.14. The average molecular weight is 372 g/mol. The van der Waals surface area contributed by atoms with Crippen LogP contribution < -0.4 is 14.8 Å². The van der Waals surface area contributed by atoms with Gasteiger partial charge in [0.1, 0.15) is 23.9 Å². The summed E-state index contributed by atoms with van der Waals surface area (Å²) in [6, 6.07) is 19.5. The van der Waals surface area contributed by atoms with E-state index in [2.05, 4.69) is 5.32 Å². The maximum atomic E-state index is 13.3. The molecular formula is C21H19ClFNO2. The van der Waals surface area contributed by atoms with E-state index >= 15 is 0 Å². The summed E-state index contributed by atoms with van der Waals surface area (Å²) in [6.45, 7) is 0.834. The Balaban J connectivity index is 1.68. The first kappa shape index (κ1) is 18.1. The predicted molar refractivity (Wildman–Crippen MR) is 103 cm³/mol. The van der Waals surface area contributed by atoms with E-state index in [0.717, 1.165) is 22.6 Å². The number of methoxy groups -OCH3 is 1. The molecule has 0 heterocycles. The van der Waals surface area contributed by atoms with Crippen molar-refractivity contribution < 1.29 is 13.9 Å². The van der Waals surface area contributed by atoms with Gasteiger partial charge in [-0.15, -0.1) is 0 Å². The summed E-state index contributed by atoms with van der Waals surface area (Å²) in [7, 11) is 1.64. The third kappa shape index (κ3) is 4.90. The van der Waals surface area contributed by atoms with Gasteiger partial charge >= 0.3 is 0 Å². The largest absolute Gasteiger partial charge is 0.497 e. The molecule has 0 unspecified atom stereocenters. The molecule has 0 spiro atoms. The number of anilines is 1. The molecular weight excluding hydrogens is 353 g/mol. The molecule has 0 bridgehead atoms. The summed E-state index contributed by atoms with van der Waals surface area (Å²) in [6.07, 6.45) is 0. The van der Waals surface area contributed by atoms with Crippen LogP contribution in [0.15, 0.2) is 66.7 Å². The smallest absolute Gasteiger partial charge is 0.124 e. The molecule has 0 saturated heterocycles. The van der Waals surface area contributed by atoms with Gasteiger partial charge < -0.3 is 14.8 Å². The van der Waals surface area contributed by atoms with Crippen molar-refractivity contribution in [2.45, 2.75) is 13.2 Å². The highest BCUT2D eigenvalue weighted by molar-refractivity contribution is 6.30. The Morgan fingerprint density at radius 2 is 1.81 bits per heavy atom. The van der Waals surface area contributed by atoms with Gasteiger partial charge in [0.25, 0.3) is 0 Å². The predicted octanol–water partition coefficient (Wildman–Crippen LogP) is 5.68. The van der Waals surface area contributed by atoms with Crippen LogP contribution in [0.25, 0.3) is 0 Å². The van der Waals surface area contributed by atoms with Crippen LogP contribution in [0.3, 0.4) is 0 Å². The molecule has 5 heteroatoms. The Morgan fingerprint density at radius 1 is 1.00 bits per heavy atom. The van der Waals surface area contributed by atoms with Gasteiger partial charge in [0.15, 0.2) is 0 Å². The molecule has 3 nitrogen and oxygen atoms in total. The molecule has 0 aliphatic carbocycles. The van der Waals surface area contributed by atoms with Gasteiger partial charge in [-0.05, 0) is 60.2 Å². The summed E-state index contributed by atoms with van der Waals surface area (Å²) >= 11 is 6.13. The molecule has 3 aromatic rings. The molecule has 3 rings (SSSR count). The van der Waals surface area contributed by atoms with E-state index in [1.165, 1.54) is 12.1 Å². The van der Waals surface area contributed by atoms with Gasteiger partial charge in [-0.2, -0.15) is 0 Å². The van der Waals surface area contributed by atoms with Crippen molar-refractivity contribution in [2.75, 3.05) is 12.4 Å². The Labute approximate surface area is 157 Å². The van der Waals surface area contributed by atoms with Crippen molar-refractivity contribution >= 4 is 17.3 Å². The summed E-state index contributed by atoms with van der Waals surface area (Å²) in [5, 5.41) is 3.97. The minimum Gasteiger partial charge on any atom is -0.497 e. The van der Waals surface area contributed by atoms with Crippen molar-refractivity contribution in [1.29, 1.82) is 0 Å². The lowest BCUT2D eigenvalue weighted by atomic mass is 10.2. The second kappa shape index (κ2) is 8.59. The fourth-order valence-corrected chi connectivity index (χ4v) is 2.72. The highest BCUT2D eigenvalue weighted by Crippen LogP contribution is 2.25. The maximum absolute atomic E-state index is 13.3. The molecule has 0 aliphatic rings. The molecule has 3 aromatic carbocycles. The highest BCUT2D eigenvalue weighted by Gasteiger charge is 2.06. The Kier molecular flexibility index (Phi) is 5.97. The van der Waals surface area contributed by atoms with Crippen LogP contribution in [-0.2, 0) is 13.2 Å². The Bertz CT molecular complexity index is 868. The van der Waals surface area contributed by atoms with E-state index in [1.54, 1.807) is 19.2 Å². The zero-order valence-corrected chi connectivity index (χ0v) is 15.1. The third-order valence-corrected chi connectivity index (χ3v) is 4.11. The number of ether oxygens (including phenoxy) is 2. The van der Waals surface area contributed by atoms with E-state index in [-0.39, 0.29) is 12.4 Å². The number of halogens is 2. The van der Waals surface area contributed by atoms with Gasteiger partial charge in [0.2, 0.25) is 0 Å². The number of rotatable bonds is 7. The van der Waals surface area contributed by atoms with Crippen molar-refractivity contribution in [3.63, 3.8) is 0 Å². The molecule has 1 N–H and O–H groups in total. The normalized spacial score (nSPS) is 10.4. The quantitative estimate of drug-likeness (QED) is 0.579. The molecule has 134 valence electrons. The second-order valence-electron chi connectivity index (χ2n) is 5.75. The summed E-state index contributed by atoms with van der Waals surface area (Å²) < 4.78 is 24.3. The molecule has 0 aliphatic heterocycles. The minimum absolute atomic E-state index is 0.274. The lowest BCUT2D eigenvalue weighted by molar-refractivity contribution is 0.302. The van der Waals surface area contributed by atoms with Crippen molar-refractivity contribution in [1.82, 2.24) is 0 Å². The number of benzene rings is 3. The molecule has 0 saturated carbocycles. The van der Waals surface area contributed by atoms with Crippen LogP contribution in [0.4, 0.5) is 10.1 Å².